The molecule has 170 valence electrons. The van der Waals surface area contributed by atoms with Gasteiger partial charge in [0.05, 0.1) is 24.2 Å². The number of nitrogens with one attached hydrogen (secondary N) is 1. The maximum Gasteiger partial charge on any atom is 0.322 e. The Morgan fingerprint density at radius 1 is 1.06 bits per heavy atom. The molecule has 0 spiro atoms. The quantitative estimate of drug-likeness (QED) is 0.490. The summed E-state index contributed by atoms with van der Waals surface area (Å²) in [6.07, 6.45) is 0.647. The van der Waals surface area contributed by atoms with Crippen molar-refractivity contribution in [3.8, 4) is 5.75 Å². The number of methoxy groups -OCH3 is 1. The number of carbonyl (C=O) groups is 1. The van der Waals surface area contributed by atoms with Gasteiger partial charge in [0.25, 0.3) is 0 Å². The third kappa shape index (κ3) is 6.40. The Hall–Kier alpha value is -3.20. The molecule has 0 saturated carbocycles. The molecule has 3 rings (SSSR count). The zero-order chi connectivity index (χ0) is 23.1. The van der Waals surface area contributed by atoms with E-state index in [0.717, 1.165) is 5.56 Å². The summed E-state index contributed by atoms with van der Waals surface area (Å²) in [5, 5.41) is 10.3. The number of carbonyl (C=O) groups excluding carboxylic acids is 1. The topological polar surface area (TPSA) is 111 Å². The van der Waals surface area contributed by atoms with Crippen molar-refractivity contribution in [3.63, 3.8) is 0 Å². The van der Waals surface area contributed by atoms with Gasteiger partial charge in [-0.15, -0.1) is 5.10 Å². The highest BCUT2D eigenvalue weighted by atomic mass is 32.2. The first kappa shape index (κ1) is 23.5. The number of benzene rings is 2. The van der Waals surface area contributed by atoms with E-state index in [1.807, 2.05) is 12.1 Å². The summed E-state index contributed by atoms with van der Waals surface area (Å²) < 4.78 is 35.3. The van der Waals surface area contributed by atoms with Crippen molar-refractivity contribution in [2.45, 2.75) is 43.9 Å². The molecule has 0 aliphatic heterocycles. The SMILES string of the molecule is COc1ccc(S(=O)(=O)CCCC(=O)Nc2nnc(Cc3ccc(C(C)C)cc3)o2)cc1. The summed E-state index contributed by atoms with van der Waals surface area (Å²) in [6.45, 7) is 4.27. The van der Waals surface area contributed by atoms with E-state index in [9.17, 15) is 13.2 Å². The second-order valence-electron chi connectivity index (χ2n) is 7.72. The van der Waals surface area contributed by atoms with E-state index < -0.39 is 9.84 Å². The lowest BCUT2D eigenvalue weighted by Gasteiger charge is -2.06. The molecule has 3 aromatic rings. The van der Waals surface area contributed by atoms with Gasteiger partial charge in [-0.3, -0.25) is 10.1 Å². The van der Waals surface area contributed by atoms with E-state index >= 15 is 0 Å². The molecule has 1 amide bonds. The molecule has 32 heavy (non-hydrogen) atoms. The van der Waals surface area contributed by atoms with Gasteiger partial charge in [0.15, 0.2) is 9.84 Å². The highest BCUT2D eigenvalue weighted by Crippen LogP contribution is 2.19. The van der Waals surface area contributed by atoms with Crippen LogP contribution in [0.1, 0.15) is 49.6 Å². The molecular formula is C23H27N3O5S. The molecule has 1 heterocycles. The van der Waals surface area contributed by atoms with Crippen LogP contribution in [0, 0.1) is 0 Å². The Labute approximate surface area is 187 Å². The summed E-state index contributed by atoms with van der Waals surface area (Å²) in [5.74, 6) is 0.898. The molecular weight excluding hydrogens is 430 g/mol. The molecule has 0 atom stereocenters. The second kappa shape index (κ2) is 10.4. The minimum absolute atomic E-state index is 0.00168. The van der Waals surface area contributed by atoms with Crippen molar-refractivity contribution >= 4 is 21.8 Å². The van der Waals surface area contributed by atoms with Gasteiger partial charge in [-0.2, -0.15) is 0 Å². The molecule has 0 radical (unpaired) electrons. The van der Waals surface area contributed by atoms with Gasteiger partial charge >= 0.3 is 6.01 Å². The average molecular weight is 458 g/mol. The number of amides is 1. The Kier molecular flexibility index (Phi) is 7.63. The van der Waals surface area contributed by atoms with Crippen LogP contribution in [0.25, 0.3) is 0 Å². The van der Waals surface area contributed by atoms with Crippen molar-refractivity contribution in [3.05, 3.63) is 65.5 Å². The smallest absolute Gasteiger partial charge is 0.322 e. The monoisotopic (exact) mass is 457 g/mol. The number of aromatic nitrogens is 2. The number of hydrogen-bond donors (Lipinski definition) is 1. The van der Waals surface area contributed by atoms with E-state index in [2.05, 4.69) is 41.5 Å². The molecule has 0 bridgehead atoms. The fraction of sp³-hybridized carbons (Fsp3) is 0.348. The number of nitrogens with zero attached hydrogens (tertiary/aromatic N) is 2. The van der Waals surface area contributed by atoms with Crippen molar-refractivity contribution in [1.29, 1.82) is 0 Å². The maximum atomic E-state index is 12.4. The van der Waals surface area contributed by atoms with Crippen LogP contribution in [0.2, 0.25) is 0 Å². The van der Waals surface area contributed by atoms with Crippen molar-refractivity contribution in [2.75, 3.05) is 18.2 Å². The fourth-order valence-electron chi connectivity index (χ4n) is 3.08. The molecule has 0 unspecified atom stereocenters. The van der Waals surface area contributed by atoms with Gasteiger partial charge in [0.2, 0.25) is 11.8 Å². The summed E-state index contributed by atoms with van der Waals surface area (Å²) in [4.78, 5) is 12.3. The molecule has 0 aliphatic carbocycles. The number of hydrogen-bond acceptors (Lipinski definition) is 7. The molecule has 0 saturated heterocycles. The first-order valence-electron chi connectivity index (χ1n) is 10.3. The van der Waals surface area contributed by atoms with Gasteiger partial charge < -0.3 is 9.15 Å². The zero-order valence-corrected chi connectivity index (χ0v) is 19.2. The standard InChI is InChI=1S/C23H27N3O5S/c1-16(2)18-8-6-17(7-9-18)15-22-25-26-23(31-22)24-21(27)5-4-14-32(28,29)20-12-10-19(30-3)11-13-20/h6-13,16H,4-5,14-15H2,1-3H3,(H,24,26,27). The number of rotatable bonds is 10. The number of sulfone groups is 1. The highest BCUT2D eigenvalue weighted by Gasteiger charge is 2.16. The number of anilines is 1. The van der Waals surface area contributed by atoms with E-state index in [1.54, 1.807) is 12.1 Å². The van der Waals surface area contributed by atoms with Gasteiger partial charge in [0.1, 0.15) is 5.75 Å². The second-order valence-corrected chi connectivity index (χ2v) is 9.83. The van der Waals surface area contributed by atoms with E-state index in [1.165, 1.54) is 24.8 Å². The van der Waals surface area contributed by atoms with Crippen LogP contribution in [-0.4, -0.2) is 37.4 Å². The minimum atomic E-state index is -3.48. The van der Waals surface area contributed by atoms with Gasteiger partial charge in [-0.25, -0.2) is 8.42 Å². The Balaban J connectivity index is 1.47. The maximum absolute atomic E-state index is 12.4. The lowest BCUT2D eigenvalue weighted by Crippen LogP contribution is -2.14. The molecule has 9 heteroatoms. The van der Waals surface area contributed by atoms with E-state index in [-0.39, 0.29) is 35.4 Å². The van der Waals surface area contributed by atoms with E-state index in [4.69, 9.17) is 9.15 Å². The molecule has 1 N–H and O–H groups in total. The fourth-order valence-corrected chi connectivity index (χ4v) is 4.39. The molecule has 1 aromatic heterocycles. The highest BCUT2D eigenvalue weighted by molar-refractivity contribution is 7.91. The van der Waals surface area contributed by atoms with Crippen molar-refractivity contribution in [2.24, 2.45) is 0 Å². The Morgan fingerprint density at radius 3 is 2.38 bits per heavy atom. The van der Waals surface area contributed by atoms with Crippen LogP contribution in [0.5, 0.6) is 5.75 Å². The van der Waals surface area contributed by atoms with Gasteiger partial charge in [-0.1, -0.05) is 43.2 Å². The third-order valence-corrected chi connectivity index (χ3v) is 6.77. The first-order valence-corrected chi connectivity index (χ1v) is 12.0. The van der Waals surface area contributed by atoms with Crippen LogP contribution >= 0.6 is 0 Å². The summed E-state index contributed by atoms with van der Waals surface area (Å²) in [5.41, 5.74) is 2.28. The lowest BCUT2D eigenvalue weighted by atomic mass is 10.0. The Morgan fingerprint density at radius 2 is 1.75 bits per heavy atom. The molecule has 0 fully saturated rings. The molecule has 0 aliphatic rings. The minimum Gasteiger partial charge on any atom is -0.497 e. The summed E-state index contributed by atoms with van der Waals surface area (Å²) >= 11 is 0. The van der Waals surface area contributed by atoms with Crippen molar-refractivity contribution < 1.29 is 22.4 Å². The van der Waals surface area contributed by atoms with Crippen LogP contribution in [0.4, 0.5) is 6.01 Å². The first-order chi connectivity index (χ1) is 15.3. The van der Waals surface area contributed by atoms with Crippen LogP contribution in [-0.2, 0) is 21.1 Å². The zero-order valence-electron chi connectivity index (χ0n) is 18.4. The lowest BCUT2D eigenvalue weighted by molar-refractivity contribution is -0.116. The largest absolute Gasteiger partial charge is 0.497 e. The van der Waals surface area contributed by atoms with Crippen LogP contribution in [0.3, 0.4) is 0 Å². The molecule has 8 nitrogen and oxygen atoms in total. The van der Waals surface area contributed by atoms with Crippen LogP contribution < -0.4 is 10.1 Å². The van der Waals surface area contributed by atoms with E-state index in [0.29, 0.717) is 24.0 Å². The summed E-state index contributed by atoms with van der Waals surface area (Å²) in [7, 11) is -1.97. The normalized spacial score (nSPS) is 11.5. The third-order valence-electron chi connectivity index (χ3n) is 4.95. The predicted octanol–water partition coefficient (Wildman–Crippen LogP) is 3.99. The number of ether oxygens (including phenoxy) is 1. The molecule has 2 aromatic carbocycles. The summed E-state index contributed by atoms with van der Waals surface area (Å²) in [6, 6.07) is 14.3. The predicted molar refractivity (Wildman–Crippen MR) is 121 cm³/mol. The van der Waals surface area contributed by atoms with Crippen molar-refractivity contribution in [1.82, 2.24) is 10.2 Å². The Bertz CT molecular complexity index is 1140. The van der Waals surface area contributed by atoms with Crippen LogP contribution in [0.15, 0.2) is 57.8 Å². The van der Waals surface area contributed by atoms with Gasteiger partial charge in [-0.05, 0) is 47.7 Å². The van der Waals surface area contributed by atoms with Gasteiger partial charge in [0, 0.05) is 6.42 Å². The average Bonchev–Trinajstić information content (AvgIpc) is 3.20.